The summed E-state index contributed by atoms with van der Waals surface area (Å²) in [4.78, 5) is 15.1. The summed E-state index contributed by atoms with van der Waals surface area (Å²) < 4.78 is 18.1. The lowest BCUT2D eigenvalue weighted by atomic mass is 9.98. The molecule has 0 aliphatic carbocycles. The molecule has 0 aliphatic heterocycles. The molecule has 120 valence electrons. The van der Waals surface area contributed by atoms with Crippen LogP contribution in [0.15, 0.2) is 60.8 Å². The second-order valence-electron chi connectivity index (χ2n) is 5.47. The lowest BCUT2D eigenvalue weighted by Gasteiger charge is -2.08. The molecule has 3 aromatic rings. The van der Waals surface area contributed by atoms with E-state index in [9.17, 15) is 9.18 Å². The van der Waals surface area contributed by atoms with Crippen molar-refractivity contribution in [1.29, 1.82) is 0 Å². The Kier molecular flexibility index (Phi) is 4.38. The predicted molar refractivity (Wildman–Crippen MR) is 91.1 cm³/mol. The summed E-state index contributed by atoms with van der Waals surface area (Å²) in [5.74, 6) is -0.842. The van der Waals surface area contributed by atoms with E-state index in [0.29, 0.717) is 5.56 Å². The zero-order valence-electron chi connectivity index (χ0n) is 13.4. The average molecular weight is 321 g/mol. The Bertz CT molecular complexity index is 871. The van der Waals surface area contributed by atoms with Gasteiger partial charge in [-0.1, -0.05) is 36.4 Å². The Morgan fingerprint density at radius 2 is 1.50 bits per heavy atom. The fourth-order valence-electron chi connectivity index (χ4n) is 2.57. The lowest BCUT2D eigenvalue weighted by Crippen LogP contribution is -2.00. The number of esters is 1. The van der Waals surface area contributed by atoms with Crippen LogP contribution < -0.4 is 0 Å². The molecular weight excluding hydrogens is 305 g/mol. The lowest BCUT2D eigenvalue weighted by molar-refractivity contribution is 0.0601. The van der Waals surface area contributed by atoms with Crippen molar-refractivity contribution >= 4 is 5.97 Å². The highest BCUT2D eigenvalue weighted by Crippen LogP contribution is 2.27. The fourth-order valence-corrected chi connectivity index (χ4v) is 2.57. The maximum Gasteiger partial charge on any atom is 0.337 e. The van der Waals surface area contributed by atoms with E-state index in [1.54, 1.807) is 12.1 Å². The first-order valence-electron chi connectivity index (χ1n) is 7.50. The molecule has 0 amide bonds. The summed E-state index contributed by atoms with van der Waals surface area (Å²) in [7, 11) is 1.36. The van der Waals surface area contributed by atoms with Gasteiger partial charge in [0.25, 0.3) is 0 Å². The smallest absolute Gasteiger partial charge is 0.337 e. The van der Waals surface area contributed by atoms with Gasteiger partial charge in [0, 0.05) is 12.3 Å². The van der Waals surface area contributed by atoms with Gasteiger partial charge in [-0.05, 0) is 46.9 Å². The van der Waals surface area contributed by atoms with Gasteiger partial charge in [-0.2, -0.15) is 4.39 Å². The molecule has 0 saturated heterocycles. The van der Waals surface area contributed by atoms with Crippen molar-refractivity contribution in [3.63, 3.8) is 0 Å². The monoisotopic (exact) mass is 321 g/mol. The average Bonchev–Trinajstić information content (AvgIpc) is 2.63. The van der Waals surface area contributed by atoms with E-state index >= 15 is 0 Å². The third-order valence-electron chi connectivity index (χ3n) is 3.91. The number of ether oxygens (including phenoxy) is 1. The van der Waals surface area contributed by atoms with Crippen LogP contribution in [0.5, 0.6) is 0 Å². The van der Waals surface area contributed by atoms with Crippen LogP contribution in [0, 0.1) is 12.9 Å². The van der Waals surface area contributed by atoms with Gasteiger partial charge in [0.2, 0.25) is 5.95 Å². The van der Waals surface area contributed by atoms with Crippen molar-refractivity contribution in [2.24, 2.45) is 0 Å². The summed E-state index contributed by atoms with van der Waals surface area (Å²) in [6.45, 7) is 1.90. The van der Waals surface area contributed by atoms with E-state index in [0.717, 1.165) is 27.8 Å². The quantitative estimate of drug-likeness (QED) is 0.521. The zero-order chi connectivity index (χ0) is 17.1. The maximum absolute atomic E-state index is 13.4. The SMILES string of the molecule is COC(=O)c1ccc(-c2ccc(-c3cc(F)ncc3C)cc2)cc1. The van der Waals surface area contributed by atoms with Gasteiger partial charge in [0.05, 0.1) is 12.7 Å². The van der Waals surface area contributed by atoms with Crippen LogP contribution in [0.25, 0.3) is 22.3 Å². The number of hydrogen-bond donors (Lipinski definition) is 0. The van der Waals surface area contributed by atoms with Crippen LogP contribution in [-0.4, -0.2) is 18.1 Å². The molecule has 24 heavy (non-hydrogen) atoms. The van der Waals surface area contributed by atoms with Gasteiger partial charge >= 0.3 is 5.97 Å². The number of aryl methyl sites for hydroxylation is 1. The Labute approximate surface area is 139 Å². The number of carbonyl (C=O) groups excluding carboxylic acids is 1. The molecule has 0 atom stereocenters. The Hall–Kier alpha value is -3.01. The number of methoxy groups -OCH3 is 1. The Morgan fingerprint density at radius 3 is 2.08 bits per heavy atom. The van der Waals surface area contributed by atoms with Crippen molar-refractivity contribution in [2.75, 3.05) is 7.11 Å². The summed E-state index contributed by atoms with van der Waals surface area (Å²) in [6.07, 6.45) is 1.53. The molecule has 1 aromatic heterocycles. The number of halogens is 1. The summed E-state index contributed by atoms with van der Waals surface area (Å²) in [5, 5.41) is 0. The Balaban J connectivity index is 1.89. The highest BCUT2D eigenvalue weighted by Gasteiger charge is 2.07. The van der Waals surface area contributed by atoms with Gasteiger partial charge in [0.1, 0.15) is 0 Å². The minimum atomic E-state index is -0.488. The molecule has 3 nitrogen and oxygen atoms in total. The largest absolute Gasteiger partial charge is 0.465 e. The molecule has 0 radical (unpaired) electrons. The van der Waals surface area contributed by atoms with Crippen LogP contribution in [0.2, 0.25) is 0 Å². The maximum atomic E-state index is 13.4. The minimum absolute atomic E-state index is 0.355. The molecule has 0 spiro atoms. The van der Waals surface area contributed by atoms with Crippen molar-refractivity contribution in [3.8, 4) is 22.3 Å². The summed E-state index contributed by atoms with van der Waals surface area (Å²) in [5.41, 5.74) is 5.21. The zero-order valence-corrected chi connectivity index (χ0v) is 13.4. The van der Waals surface area contributed by atoms with Crippen molar-refractivity contribution in [3.05, 3.63) is 77.9 Å². The van der Waals surface area contributed by atoms with Crippen LogP contribution in [-0.2, 0) is 4.74 Å². The van der Waals surface area contributed by atoms with Gasteiger partial charge < -0.3 is 4.74 Å². The second kappa shape index (κ2) is 6.62. The summed E-state index contributed by atoms with van der Waals surface area (Å²) >= 11 is 0. The van der Waals surface area contributed by atoms with E-state index in [2.05, 4.69) is 4.98 Å². The van der Waals surface area contributed by atoms with Crippen molar-refractivity contribution in [1.82, 2.24) is 4.98 Å². The first-order chi connectivity index (χ1) is 11.6. The molecule has 0 aliphatic rings. The number of aromatic nitrogens is 1. The van der Waals surface area contributed by atoms with Crippen LogP contribution in [0.4, 0.5) is 4.39 Å². The van der Waals surface area contributed by atoms with E-state index in [4.69, 9.17) is 4.74 Å². The van der Waals surface area contributed by atoms with Crippen LogP contribution >= 0.6 is 0 Å². The second-order valence-corrected chi connectivity index (χ2v) is 5.47. The van der Waals surface area contributed by atoms with E-state index < -0.39 is 5.95 Å². The number of rotatable bonds is 3. The van der Waals surface area contributed by atoms with Gasteiger partial charge in [-0.25, -0.2) is 9.78 Å². The number of nitrogens with zero attached hydrogens (tertiary/aromatic N) is 1. The highest BCUT2D eigenvalue weighted by atomic mass is 19.1. The number of pyridine rings is 1. The molecule has 1 heterocycles. The molecule has 0 bridgehead atoms. The molecule has 0 saturated carbocycles. The van der Waals surface area contributed by atoms with E-state index in [1.165, 1.54) is 19.4 Å². The molecule has 0 unspecified atom stereocenters. The first kappa shape index (κ1) is 15.9. The molecular formula is C20H16FNO2. The number of hydrogen-bond acceptors (Lipinski definition) is 3. The van der Waals surface area contributed by atoms with E-state index in [1.807, 2.05) is 43.3 Å². The van der Waals surface area contributed by atoms with Gasteiger partial charge in [-0.3, -0.25) is 0 Å². The number of carbonyl (C=O) groups is 1. The first-order valence-corrected chi connectivity index (χ1v) is 7.50. The molecule has 3 rings (SSSR count). The summed E-state index contributed by atoms with van der Waals surface area (Å²) in [6, 6.07) is 16.5. The third kappa shape index (κ3) is 3.18. The minimum Gasteiger partial charge on any atom is -0.465 e. The Morgan fingerprint density at radius 1 is 0.958 bits per heavy atom. The van der Waals surface area contributed by atoms with E-state index in [-0.39, 0.29) is 5.97 Å². The molecule has 4 heteroatoms. The molecule has 0 N–H and O–H groups in total. The normalized spacial score (nSPS) is 10.5. The van der Waals surface area contributed by atoms with Crippen LogP contribution in [0.1, 0.15) is 15.9 Å². The topological polar surface area (TPSA) is 39.2 Å². The number of benzene rings is 2. The standard InChI is InChI=1S/C20H16FNO2/c1-13-12-22-19(21)11-18(13)16-7-3-14(4-8-16)15-5-9-17(10-6-15)20(23)24-2/h3-12H,1-2H3. The highest BCUT2D eigenvalue weighted by molar-refractivity contribution is 5.90. The van der Waals surface area contributed by atoms with Crippen molar-refractivity contribution < 1.29 is 13.9 Å². The fraction of sp³-hybridized carbons (Fsp3) is 0.100. The van der Waals surface area contributed by atoms with Crippen LogP contribution in [0.3, 0.4) is 0 Å². The molecule has 2 aromatic carbocycles. The van der Waals surface area contributed by atoms with Gasteiger partial charge in [-0.15, -0.1) is 0 Å². The molecule has 0 fully saturated rings. The predicted octanol–water partition coefficient (Wildman–Crippen LogP) is 4.65. The van der Waals surface area contributed by atoms with Crippen molar-refractivity contribution in [2.45, 2.75) is 6.92 Å². The third-order valence-corrected chi connectivity index (χ3v) is 3.91. The van der Waals surface area contributed by atoms with Gasteiger partial charge in [0.15, 0.2) is 0 Å².